The van der Waals surface area contributed by atoms with Crippen molar-refractivity contribution in [2.45, 2.75) is 18.4 Å². The number of aryl methyl sites for hydroxylation is 1. The van der Waals surface area contributed by atoms with Crippen LogP contribution in [0.5, 0.6) is 0 Å². The molecule has 1 heterocycles. The molecule has 8 heteroatoms. The number of sulfonamides is 1. The van der Waals surface area contributed by atoms with Gasteiger partial charge in [0.25, 0.3) is 10.0 Å². The molecule has 0 saturated heterocycles. The first-order valence-electron chi connectivity index (χ1n) is 6.05. The molecule has 2 N–H and O–H groups in total. The number of halogens is 2. The molecule has 0 atom stereocenters. The van der Waals surface area contributed by atoms with E-state index in [1.165, 1.54) is 6.07 Å². The van der Waals surface area contributed by atoms with Crippen molar-refractivity contribution in [3.8, 4) is 0 Å². The van der Waals surface area contributed by atoms with Crippen LogP contribution in [0.2, 0.25) is 0 Å². The van der Waals surface area contributed by atoms with Crippen LogP contribution < -0.4 is 10.0 Å². The zero-order valence-corrected chi connectivity index (χ0v) is 15.4. The average Bonchev–Trinajstić information content (AvgIpc) is 2.76. The third kappa shape index (κ3) is 3.88. The fourth-order valence-corrected chi connectivity index (χ4v) is 4.14. The number of benzene rings is 1. The lowest BCUT2D eigenvalue weighted by Gasteiger charge is -2.08. The lowest BCUT2D eigenvalue weighted by Crippen LogP contribution is -2.12. The maximum atomic E-state index is 12.4. The molecule has 0 aliphatic rings. The molecule has 1 aromatic carbocycles. The Hall–Kier alpha value is -0.830. The number of rotatable bonds is 5. The number of hydrogen-bond donors (Lipinski definition) is 2. The third-order valence-corrected chi connectivity index (χ3v) is 5.86. The molecule has 0 saturated carbocycles. The Morgan fingerprint density at radius 2 is 1.95 bits per heavy atom. The summed E-state index contributed by atoms with van der Waals surface area (Å²) >= 11 is 6.52. The highest BCUT2D eigenvalue weighted by Gasteiger charge is 2.22. The molecule has 5 nitrogen and oxygen atoms in total. The Kier molecular flexibility index (Phi) is 5.13. The second-order valence-corrected chi connectivity index (χ2v) is 7.68. The summed E-state index contributed by atoms with van der Waals surface area (Å²) in [5, 5.41) is 2.90. The van der Waals surface area contributed by atoms with E-state index in [-0.39, 0.29) is 9.56 Å². The minimum atomic E-state index is -3.71. The molecule has 2 rings (SSSR count). The number of furan rings is 1. The van der Waals surface area contributed by atoms with E-state index in [2.05, 4.69) is 41.9 Å². The van der Waals surface area contributed by atoms with Gasteiger partial charge in [0.2, 0.25) is 0 Å². The topological polar surface area (TPSA) is 71.3 Å². The third-order valence-electron chi connectivity index (χ3n) is 2.77. The van der Waals surface area contributed by atoms with E-state index in [9.17, 15) is 8.42 Å². The van der Waals surface area contributed by atoms with Gasteiger partial charge in [-0.05, 0) is 47.6 Å². The first kappa shape index (κ1) is 16.5. The molecule has 114 valence electrons. The van der Waals surface area contributed by atoms with Gasteiger partial charge in [0.05, 0.1) is 6.54 Å². The van der Waals surface area contributed by atoms with Crippen molar-refractivity contribution in [3.05, 3.63) is 44.7 Å². The van der Waals surface area contributed by atoms with Gasteiger partial charge in [0.1, 0.15) is 10.7 Å². The molecule has 2 aromatic rings. The summed E-state index contributed by atoms with van der Waals surface area (Å²) in [6, 6.07) is 6.75. The molecule has 0 aliphatic heterocycles. The standard InChI is InChI=1S/C13H14Br2N2O3S/c1-8-3-4-9(5-11(8)14)17-21(18,19)12-6-10(7-16-2)20-13(12)15/h3-6,16-17H,7H2,1-2H3. The SMILES string of the molecule is CNCc1cc(S(=O)(=O)Nc2ccc(C)c(Br)c2)c(Br)o1. The van der Waals surface area contributed by atoms with Gasteiger partial charge >= 0.3 is 0 Å². The Labute approximate surface area is 140 Å². The summed E-state index contributed by atoms with van der Waals surface area (Å²) in [7, 11) is -1.95. The minimum absolute atomic E-state index is 0.0736. The number of hydrogen-bond acceptors (Lipinski definition) is 4. The molecule has 0 spiro atoms. The van der Waals surface area contributed by atoms with E-state index in [0.29, 0.717) is 18.0 Å². The molecular weight excluding hydrogens is 424 g/mol. The van der Waals surface area contributed by atoms with Crippen molar-refractivity contribution < 1.29 is 12.8 Å². The molecular formula is C13H14Br2N2O3S. The van der Waals surface area contributed by atoms with Crippen LogP contribution in [-0.4, -0.2) is 15.5 Å². The predicted octanol–water partition coefficient (Wildman–Crippen LogP) is 3.63. The summed E-state index contributed by atoms with van der Waals surface area (Å²) in [6.07, 6.45) is 0. The van der Waals surface area contributed by atoms with Crippen LogP contribution in [0.1, 0.15) is 11.3 Å². The van der Waals surface area contributed by atoms with E-state index >= 15 is 0 Å². The fourth-order valence-electron chi connectivity index (χ4n) is 1.71. The highest BCUT2D eigenvalue weighted by atomic mass is 79.9. The van der Waals surface area contributed by atoms with Crippen LogP contribution >= 0.6 is 31.9 Å². The van der Waals surface area contributed by atoms with Crippen LogP contribution in [0, 0.1) is 6.92 Å². The van der Waals surface area contributed by atoms with Gasteiger partial charge in [-0.1, -0.05) is 22.0 Å². The number of nitrogens with one attached hydrogen (secondary N) is 2. The summed E-state index contributed by atoms with van der Waals surface area (Å²) in [4.78, 5) is 0.0736. The summed E-state index contributed by atoms with van der Waals surface area (Å²) in [5.74, 6) is 0.537. The maximum absolute atomic E-state index is 12.4. The Balaban J connectivity index is 2.31. The first-order valence-corrected chi connectivity index (χ1v) is 9.12. The Morgan fingerprint density at radius 1 is 1.24 bits per heavy atom. The lowest BCUT2D eigenvalue weighted by molar-refractivity contribution is 0.470. The molecule has 21 heavy (non-hydrogen) atoms. The molecule has 0 unspecified atom stereocenters. The Bertz CT molecular complexity index is 757. The fraction of sp³-hybridized carbons (Fsp3) is 0.231. The van der Waals surface area contributed by atoms with Crippen molar-refractivity contribution in [2.24, 2.45) is 0 Å². The van der Waals surface area contributed by atoms with E-state index in [1.807, 2.05) is 13.0 Å². The monoisotopic (exact) mass is 436 g/mol. The minimum Gasteiger partial charge on any atom is -0.451 e. The van der Waals surface area contributed by atoms with Gasteiger partial charge < -0.3 is 9.73 Å². The zero-order chi connectivity index (χ0) is 15.6. The second-order valence-electron chi connectivity index (χ2n) is 4.45. The van der Waals surface area contributed by atoms with Gasteiger partial charge in [-0.2, -0.15) is 0 Å². The number of anilines is 1. The molecule has 0 amide bonds. The van der Waals surface area contributed by atoms with E-state index in [1.54, 1.807) is 19.2 Å². The van der Waals surface area contributed by atoms with Gasteiger partial charge in [0.15, 0.2) is 4.67 Å². The van der Waals surface area contributed by atoms with Crippen LogP contribution in [0.4, 0.5) is 5.69 Å². The summed E-state index contributed by atoms with van der Waals surface area (Å²) < 4.78 is 33.7. The van der Waals surface area contributed by atoms with Crippen molar-refractivity contribution in [1.29, 1.82) is 0 Å². The van der Waals surface area contributed by atoms with Crippen molar-refractivity contribution in [2.75, 3.05) is 11.8 Å². The lowest BCUT2D eigenvalue weighted by atomic mass is 10.2. The van der Waals surface area contributed by atoms with Crippen LogP contribution in [0.3, 0.4) is 0 Å². The van der Waals surface area contributed by atoms with Gasteiger partial charge in [-0.25, -0.2) is 8.42 Å². The van der Waals surface area contributed by atoms with Crippen molar-refractivity contribution in [1.82, 2.24) is 5.32 Å². The maximum Gasteiger partial charge on any atom is 0.266 e. The normalized spacial score (nSPS) is 11.6. The quantitative estimate of drug-likeness (QED) is 0.749. The predicted molar refractivity (Wildman–Crippen MR) is 88.9 cm³/mol. The van der Waals surface area contributed by atoms with Crippen molar-refractivity contribution in [3.63, 3.8) is 0 Å². The summed E-state index contributed by atoms with van der Waals surface area (Å²) in [5.41, 5.74) is 1.51. The van der Waals surface area contributed by atoms with E-state index in [4.69, 9.17) is 4.42 Å². The van der Waals surface area contributed by atoms with Crippen LogP contribution in [0.25, 0.3) is 0 Å². The molecule has 0 fully saturated rings. The van der Waals surface area contributed by atoms with Crippen LogP contribution in [0.15, 0.2) is 42.7 Å². The molecule has 0 aliphatic carbocycles. The molecule has 0 bridgehead atoms. The average molecular weight is 438 g/mol. The van der Waals surface area contributed by atoms with Gasteiger partial charge in [0, 0.05) is 16.2 Å². The first-order chi connectivity index (χ1) is 9.83. The molecule has 1 aromatic heterocycles. The molecule has 0 radical (unpaired) electrons. The van der Waals surface area contributed by atoms with Gasteiger partial charge in [-0.15, -0.1) is 0 Å². The highest BCUT2D eigenvalue weighted by molar-refractivity contribution is 9.10. The van der Waals surface area contributed by atoms with E-state index in [0.717, 1.165) is 10.0 Å². The highest BCUT2D eigenvalue weighted by Crippen LogP contribution is 2.29. The van der Waals surface area contributed by atoms with Crippen molar-refractivity contribution >= 4 is 47.6 Å². The van der Waals surface area contributed by atoms with Gasteiger partial charge in [-0.3, -0.25) is 4.72 Å². The van der Waals surface area contributed by atoms with Crippen LogP contribution in [-0.2, 0) is 16.6 Å². The Morgan fingerprint density at radius 3 is 2.57 bits per heavy atom. The zero-order valence-electron chi connectivity index (χ0n) is 11.4. The smallest absolute Gasteiger partial charge is 0.266 e. The largest absolute Gasteiger partial charge is 0.451 e. The van der Waals surface area contributed by atoms with E-state index < -0.39 is 10.0 Å². The summed E-state index contributed by atoms with van der Waals surface area (Å²) in [6.45, 7) is 2.38. The second kappa shape index (κ2) is 6.51.